The fourth-order valence-electron chi connectivity index (χ4n) is 3.10. The third kappa shape index (κ3) is 6.80. The SMILES string of the molecule is O=C(NCCCS(=O)(=O)Cc1ccccc1)c1ccc(=O)n(Cc2ccccc2Cl)c1. The number of nitrogens with zero attached hydrogens (tertiary/aromatic N) is 1. The maximum Gasteiger partial charge on any atom is 0.252 e. The standard InChI is InChI=1S/C23H23ClN2O4S/c24-21-10-5-4-9-19(21)15-26-16-20(11-12-22(26)27)23(28)25-13-6-14-31(29,30)17-18-7-2-1-3-8-18/h1-5,7-12,16H,6,13-15,17H2,(H,25,28). The molecule has 8 heteroatoms. The van der Waals surface area contributed by atoms with Gasteiger partial charge in [-0.1, -0.05) is 60.1 Å². The van der Waals surface area contributed by atoms with Gasteiger partial charge < -0.3 is 9.88 Å². The van der Waals surface area contributed by atoms with Gasteiger partial charge in [0.1, 0.15) is 0 Å². The van der Waals surface area contributed by atoms with Crippen LogP contribution in [0.25, 0.3) is 0 Å². The molecule has 1 heterocycles. The highest BCUT2D eigenvalue weighted by Gasteiger charge is 2.13. The summed E-state index contributed by atoms with van der Waals surface area (Å²) in [5.41, 5.74) is 1.59. The van der Waals surface area contributed by atoms with Gasteiger partial charge in [0.05, 0.1) is 23.6 Å². The van der Waals surface area contributed by atoms with Gasteiger partial charge in [-0.2, -0.15) is 0 Å². The van der Waals surface area contributed by atoms with Crippen molar-refractivity contribution in [1.82, 2.24) is 9.88 Å². The molecule has 0 saturated heterocycles. The first kappa shape index (κ1) is 22.8. The Morgan fingerprint density at radius 2 is 1.68 bits per heavy atom. The van der Waals surface area contributed by atoms with Gasteiger partial charge >= 0.3 is 0 Å². The summed E-state index contributed by atoms with van der Waals surface area (Å²) in [5.74, 6) is -0.406. The van der Waals surface area contributed by atoms with E-state index in [0.29, 0.717) is 17.0 Å². The molecule has 6 nitrogen and oxygen atoms in total. The van der Waals surface area contributed by atoms with Crippen molar-refractivity contribution in [3.05, 3.63) is 105 Å². The van der Waals surface area contributed by atoms with Crippen LogP contribution in [0.1, 0.15) is 27.9 Å². The third-order valence-electron chi connectivity index (χ3n) is 4.69. The number of halogens is 1. The molecule has 162 valence electrons. The molecule has 0 unspecified atom stereocenters. The van der Waals surface area contributed by atoms with E-state index in [1.54, 1.807) is 36.4 Å². The highest BCUT2D eigenvalue weighted by molar-refractivity contribution is 7.90. The predicted molar refractivity (Wildman–Crippen MR) is 122 cm³/mol. The van der Waals surface area contributed by atoms with Crippen molar-refractivity contribution in [3.8, 4) is 0 Å². The van der Waals surface area contributed by atoms with Crippen molar-refractivity contribution in [2.45, 2.75) is 18.7 Å². The summed E-state index contributed by atoms with van der Waals surface area (Å²) in [7, 11) is -3.26. The first-order valence-electron chi connectivity index (χ1n) is 9.80. The average molecular weight is 459 g/mol. The highest BCUT2D eigenvalue weighted by atomic mass is 35.5. The summed E-state index contributed by atoms with van der Waals surface area (Å²) in [4.78, 5) is 24.6. The number of amides is 1. The number of carbonyl (C=O) groups is 1. The number of hydrogen-bond donors (Lipinski definition) is 1. The lowest BCUT2D eigenvalue weighted by atomic mass is 10.2. The molecule has 0 fully saturated rings. The van der Waals surface area contributed by atoms with Crippen molar-refractivity contribution >= 4 is 27.3 Å². The molecule has 0 radical (unpaired) electrons. The predicted octanol–water partition coefficient (Wildman–Crippen LogP) is 3.28. The van der Waals surface area contributed by atoms with E-state index in [-0.39, 0.29) is 36.1 Å². The van der Waals surface area contributed by atoms with Crippen molar-refractivity contribution in [1.29, 1.82) is 0 Å². The molecule has 0 aliphatic heterocycles. The van der Waals surface area contributed by atoms with Gasteiger partial charge in [0, 0.05) is 23.8 Å². The van der Waals surface area contributed by atoms with Crippen LogP contribution in [-0.2, 0) is 22.1 Å². The minimum absolute atomic E-state index is 0.0191. The minimum atomic E-state index is -3.26. The maximum atomic E-state index is 12.4. The van der Waals surface area contributed by atoms with Gasteiger partial charge in [-0.3, -0.25) is 9.59 Å². The number of rotatable bonds is 9. The largest absolute Gasteiger partial charge is 0.352 e. The van der Waals surface area contributed by atoms with Crippen LogP contribution in [0, 0.1) is 0 Å². The van der Waals surface area contributed by atoms with E-state index in [2.05, 4.69) is 5.32 Å². The van der Waals surface area contributed by atoms with Crippen LogP contribution in [0.2, 0.25) is 5.02 Å². The molecular formula is C23H23ClN2O4S. The Morgan fingerprint density at radius 1 is 0.968 bits per heavy atom. The number of hydrogen-bond acceptors (Lipinski definition) is 4. The van der Waals surface area contributed by atoms with Crippen molar-refractivity contribution < 1.29 is 13.2 Å². The van der Waals surface area contributed by atoms with Crippen LogP contribution in [-0.4, -0.2) is 31.2 Å². The summed E-state index contributed by atoms with van der Waals surface area (Å²) in [5, 5.41) is 3.26. The first-order valence-corrected chi connectivity index (χ1v) is 12.0. The fourth-order valence-corrected chi connectivity index (χ4v) is 4.72. The van der Waals surface area contributed by atoms with Crippen LogP contribution >= 0.6 is 11.6 Å². The van der Waals surface area contributed by atoms with E-state index in [0.717, 1.165) is 11.1 Å². The Labute approximate surface area is 186 Å². The summed E-state index contributed by atoms with van der Waals surface area (Å²) >= 11 is 6.16. The lowest BCUT2D eigenvalue weighted by Crippen LogP contribution is -2.28. The van der Waals surface area contributed by atoms with E-state index in [9.17, 15) is 18.0 Å². The number of pyridine rings is 1. The summed E-state index contributed by atoms with van der Waals surface area (Å²) in [6.45, 7) is 0.466. The summed E-state index contributed by atoms with van der Waals surface area (Å²) in [6, 6.07) is 19.0. The van der Waals surface area contributed by atoms with Crippen LogP contribution in [0.3, 0.4) is 0 Å². The Kier molecular flexibility index (Phi) is 7.65. The zero-order chi connectivity index (χ0) is 22.3. The normalized spacial score (nSPS) is 11.3. The topological polar surface area (TPSA) is 85.2 Å². The molecule has 3 rings (SSSR count). The zero-order valence-electron chi connectivity index (χ0n) is 16.8. The van der Waals surface area contributed by atoms with E-state index >= 15 is 0 Å². The highest BCUT2D eigenvalue weighted by Crippen LogP contribution is 2.15. The molecule has 1 amide bonds. The molecule has 0 aliphatic rings. The van der Waals surface area contributed by atoms with Crippen molar-refractivity contribution in [3.63, 3.8) is 0 Å². The van der Waals surface area contributed by atoms with Crippen molar-refractivity contribution in [2.75, 3.05) is 12.3 Å². The molecule has 2 aromatic carbocycles. The first-order chi connectivity index (χ1) is 14.8. The summed E-state index contributed by atoms with van der Waals surface area (Å²) in [6.07, 6.45) is 1.79. The second-order valence-corrected chi connectivity index (χ2v) is 9.75. The van der Waals surface area contributed by atoms with Gasteiger partial charge in [-0.15, -0.1) is 0 Å². The minimum Gasteiger partial charge on any atom is -0.352 e. The van der Waals surface area contributed by atoms with Crippen LogP contribution in [0.15, 0.2) is 77.7 Å². The molecule has 1 aromatic heterocycles. The molecule has 0 atom stereocenters. The van der Waals surface area contributed by atoms with E-state index in [1.807, 2.05) is 18.2 Å². The quantitative estimate of drug-likeness (QED) is 0.498. The molecule has 0 aliphatic carbocycles. The van der Waals surface area contributed by atoms with Crippen LogP contribution in [0.4, 0.5) is 0 Å². The van der Waals surface area contributed by atoms with Crippen LogP contribution in [0.5, 0.6) is 0 Å². The zero-order valence-corrected chi connectivity index (χ0v) is 18.4. The molecule has 0 bridgehead atoms. The Balaban J connectivity index is 1.55. The fraction of sp³-hybridized carbons (Fsp3) is 0.217. The van der Waals surface area contributed by atoms with Gasteiger partial charge in [-0.25, -0.2) is 8.42 Å². The van der Waals surface area contributed by atoms with Gasteiger partial charge in [0.25, 0.3) is 11.5 Å². The average Bonchev–Trinajstić information content (AvgIpc) is 2.74. The Bertz CT molecular complexity index is 1210. The number of aromatic nitrogens is 1. The molecule has 0 saturated carbocycles. The molecule has 1 N–H and O–H groups in total. The number of nitrogens with one attached hydrogen (secondary N) is 1. The lowest BCUT2D eigenvalue weighted by molar-refractivity contribution is 0.0953. The Hall–Kier alpha value is -2.90. The maximum absolute atomic E-state index is 12.4. The monoisotopic (exact) mass is 458 g/mol. The smallest absolute Gasteiger partial charge is 0.252 e. The second kappa shape index (κ2) is 10.4. The van der Waals surface area contributed by atoms with E-state index < -0.39 is 9.84 Å². The molecule has 31 heavy (non-hydrogen) atoms. The number of benzene rings is 2. The Morgan fingerprint density at radius 3 is 2.42 bits per heavy atom. The van der Waals surface area contributed by atoms with Gasteiger partial charge in [0.2, 0.25) is 0 Å². The van der Waals surface area contributed by atoms with E-state index in [1.165, 1.54) is 22.9 Å². The third-order valence-corrected chi connectivity index (χ3v) is 6.74. The molecule has 0 spiro atoms. The van der Waals surface area contributed by atoms with Crippen LogP contribution < -0.4 is 10.9 Å². The number of carbonyl (C=O) groups excluding carboxylic acids is 1. The second-order valence-electron chi connectivity index (χ2n) is 7.16. The molecular weight excluding hydrogens is 436 g/mol. The van der Waals surface area contributed by atoms with E-state index in [4.69, 9.17) is 11.6 Å². The molecule has 3 aromatic rings. The summed E-state index contributed by atoms with van der Waals surface area (Å²) < 4.78 is 25.9. The van der Waals surface area contributed by atoms with Crippen molar-refractivity contribution in [2.24, 2.45) is 0 Å². The lowest BCUT2D eigenvalue weighted by Gasteiger charge is -2.10. The number of sulfone groups is 1. The van der Waals surface area contributed by atoms with Gasteiger partial charge in [-0.05, 0) is 29.7 Å². The van der Waals surface area contributed by atoms with Gasteiger partial charge in [0.15, 0.2) is 9.84 Å².